The number of nitrogens with zero attached hydrogens (tertiary/aromatic N) is 2. The van der Waals surface area contributed by atoms with Gasteiger partial charge in [-0.05, 0) is 31.9 Å². The van der Waals surface area contributed by atoms with Gasteiger partial charge in [0.15, 0.2) is 0 Å². The Balaban J connectivity index is 1.69. The lowest BCUT2D eigenvalue weighted by molar-refractivity contribution is 0.226. The van der Waals surface area contributed by atoms with E-state index < -0.39 is 0 Å². The van der Waals surface area contributed by atoms with Gasteiger partial charge in [0.05, 0.1) is 7.85 Å². The predicted octanol–water partition coefficient (Wildman–Crippen LogP) is 2.67. The van der Waals surface area contributed by atoms with Crippen LogP contribution in [0.15, 0.2) is 30.3 Å². The summed E-state index contributed by atoms with van der Waals surface area (Å²) in [5, 5.41) is 0. The van der Waals surface area contributed by atoms with E-state index in [9.17, 15) is 0 Å². The van der Waals surface area contributed by atoms with E-state index in [0.717, 1.165) is 64.7 Å². The van der Waals surface area contributed by atoms with Crippen LogP contribution in [-0.4, -0.2) is 51.0 Å². The number of anilines is 1. The molecule has 3 nitrogen and oxygen atoms in total. The Kier molecular flexibility index (Phi) is 6.78. The van der Waals surface area contributed by atoms with Gasteiger partial charge in [-0.15, -0.1) is 0 Å². The second-order valence-corrected chi connectivity index (χ2v) is 6.81. The molecule has 4 heteroatoms. The topological polar surface area (TPSA) is 32.5 Å². The highest BCUT2D eigenvalue weighted by molar-refractivity contribution is 6.08. The van der Waals surface area contributed by atoms with Crippen molar-refractivity contribution in [2.45, 2.75) is 44.5 Å². The van der Waals surface area contributed by atoms with Crippen LogP contribution in [0.3, 0.4) is 0 Å². The molecule has 1 unspecified atom stereocenters. The van der Waals surface area contributed by atoms with Crippen LogP contribution in [0, 0.1) is 0 Å². The smallest absolute Gasteiger partial charge is 0.0653 e. The number of rotatable bonds is 8. The number of hydrogen-bond acceptors (Lipinski definition) is 3. The number of piperazine rings is 1. The summed E-state index contributed by atoms with van der Waals surface area (Å²) in [6.45, 7) is 7.78. The van der Waals surface area contributed by atoms with E-state index in [1.807, 2.05) is 0 Å². The fraction of sp³-hybridized carbons (Fsp3) is 0.667. The average molecular weight is 299 g/mol. The van der Waals surface area contributed by atoms with Gasteiger partial charge in [0.1, 0.15) is 0 Å². The van der Waals surface area contributed by atoms with Crippen LogP contribution < -0.4 is 10.6 Å². The van der Waals surface area contributed by atoms with Crippen molar-refractivity contribution in [2.24, 2.45) is 5.73 Å². The molecule has 0 bridgehead atoms. The summed E-state index contributed by atoms with van der Waals surface area (Å²) in [4.78, 5) is 5.02. The maximum absolute atomic E-state index is 6.42. The van der Waals surface area contributed by atoms with E-state index >= 15 is 0 Å². The fourth-order valence-corrected chi connectivity index (χ4v) is 3.08. The van der Waals surface area contributed by atoms with Crippen LogP contribution in [0.5, 0.6) is 0 Å². The summed E-state index contributed by atoms with van der Waals surface area (Å²) in [6.07, 6.45) is 5.16. The van der Waals surface area contributed by atoms with Gasteiger partial charge in [-0.25, -0.2) is 0 Å². The number of benzene rings is 1. The summed E-state index contributed by atoms with van der Waals surface area (Å²) >= 11 is 0. The second-order valence-electron chi connectivity index (χ2n) is 6.81. The third kappa shape index (κ3) is 5.66. The van der Waals surface area contributed by atoms with Gasteiger partial charge < -0.3 is 10.6 Å². The van der Waals surface area contributed by atoms with Crippen LogP contribution in [0.1, 0.15) is 32.6 Å². The summed E-state index contributed by atoms with van der Waals surface area (Å²) in [7, 11) is 5.56. The third-order valence-electron chi connectivity index (χ3n) is 4.69. The Hall–Kier alpha value is -0.995. The first-order valence-electron chi connectivity index (χ1n) is 8.62. The van der Waals surface area contributed by atoms with Crippen molar-refractivity contribution >= 4 is 13.5 Å². The Labute approximate surface area is 137 Å². The van der Waals surface area contributed by atoms with Crippen molar-refractivity contribution in [1.29, 1.82) is 0 Å². The van der Waals surface area contributed by atoms with Gasteiger partial charge in [0, 0.05) is 44.0 Å². The highest BCUT2D eigenvalue weighted by Gasteiger charge is 2.22. The summed E-state index contributed by atoms with van der Waals surface area (Å²) in [5.41, 5.74) is 7.71. The van der Waals surface area contributed by atoms with Crippen molar-refractivity contribution in [3.05, 3.63) is 30.3 Å². The van der Waals surface area contributed by atoms with Crippen molar-refractivity contribution in [3.63, 3.8) is 0 Å². The molecule has 1 atom stereocenters. The van der Waals surface area contributed by atoms with Gasteiger partial charge in [0.2, 0.25) is 0 Å². The molecule has 1 heterocycles. The second kappa shape index (κ2) is 8.59. The normalized spacial score (nSPS) is 19.1. The molecule has 1 aromatic rings. The molecule has 0 aromatic heterocycles. The van der Waals surface area contributed by atoms with Crippen molar-refractivity contribution < 1.29 is 0 Å². The largest absolute Gasteiger partial charge is 0.369 e. The lowest BCUT2D eigenvalue weighted by atomic mass is 9.89. The fourth-order valence-electron chi connectivity index (χ4n) is 3.08. The lowest BCUT2D eigenvalue weighted by Crippen LogP contribution is -2.48. The molecule has 22 heavy (non-hydrogen) atoms. The molecule has 120 valence electrons. The van der Waals surface area contributed by atoms with E-state index in [-0.39, 0.29) is 5.54 Å². The Morgan fingerprint density at radius 1 is 1.05 bits per heavy atom. The molecule has 0 aliphatic carbocycles. The molecule has 0 saturated carbocycles. The molecule has 2 rings (SSSR count). The number of unbranched alkanes of at least 4 members (excludes halogenated alkanes) is 1. The Morgan fingerprint density at radius 3 is 2.36 bits per heavy atom. The molecular formula is C18H30BN3. The van der Waals surface area contributed by atoms with Gasteiger partial charge in [-0.2, -0.15) is 0 Å². The molecule has 1 saturated heterocycles. The molecular weight excluding hydrogens is 269 g/mol. The minimum absolute atomic E-state index is 0.0499. The maximum atomic E-state index is 6.42. The molecule has 1 fully saturated rings. The van der Waals surface area contributed by atoms with Crippen molar-refractivity contribution in [1.82, 2.24) is 4.90 Å². The van der Waals surface area contributed by atoms with Crippen LogP contribution in [0.4, 0.5) is 5.69 Å². The third-order valence-corrected chi connectivity index (χ3v) is 4.69. The minimum atomic E-state index is -0.0499. The zero-order valence-electron chi connectivity index (χ0n) is 14.0. The highest BCUT2D eigenvalue weighted by Crippen LogP contribution is 2.19. The number of para-hydroxylation sites is 1. The SMILES string of the molecule is [B]CCCCC(C)(N)CCN1CCN(c2ccccc2)CC1. The maximum Gasteiger partial charge on any atom is 0.0653 e. The average Bonchev–Trinajstić information content (AvgIpc) is 2.55. The van der Waals surface area contributed by atoms with Crippen LogP contribution in [-0.2, 0) is 0 Å². The quantitative estimate of drug-likeness (QED) is 0.592. The van der Waals surface area contributed by atoms with Crippen LogP contribution >= 0.6 is 0 Å². The Morgan fingerprint density at radius 2 is 1.73 bits per heavy atom. The first-order valence-corrected chi connectivity index (χ1v) is 8.62. The zero-order chi connectivity index (χ0) is 15.8. The number of hydrogen-bond donors (Lipinski definition) is 1. The molecule has 1 aliphatic heterocycles. The van der Waals surface area contributed by atoms with Crippen LogP contribution in [0.2, 0.25) is 6.32 Å². The molecule has 1 aliphatic rings. The summed E-state index contributed by atoms with van der Waals surface area (Å²) < 4.78 is 0. The van der Waals surface area contributed by atoms with Crippen molar-refractivity contribution in [2.75, 3.05) is 37.6 Å². The van der Waals surface area contributed by atoms with Gasteiger partial charge in [0.25, 0.3) is 0 Å². The van der Waals surface area contributed by atoms with E-state index in [1.165, 1.54) is 5.69 Å². The molecule has 2 radical (unpaired) electrons. The van der Waals surface area contributed by atoms with E-state index in [4.69, 9.17) is 13.6 Å². The molecule has 0 spiro atoms. The summed E-state index contributed by atoms with van der Waals surface area (Å²) in [6, 6.07) is 10.7. The van der Waals surface area contributed by atoms with Gasteiger partial charge in [-0.3, -0.25) is 4.90 Å². The lowest BCUT2D eigenvalue weighted by Gasteiger charge is -2.37. The van der Waals surface area contributed by atoms with Gasteiger partial charge >= 0.3 is 0 Å². The number of nitrogens with two attached hydrogens (primary N) is 1. The highest BCUT2D eigenvalue weighted by atomic mass is 15.3. The minimum Gasteiger partial charge on any atom is -0.369 e. The Bertz CT molecular complexity index is 414. The van der Waals surface area contributed by atoms with E-state index in [0.29, 0.717) is 0 Å². The van der Waals surface area contributed by atoms with Gasteiger partial charge in [-0.1, -0.05) is 37.4 Å². The molecule has 2 N–H and O–H groups in total. The van der Waals surface area contributed by atoms with Crippen LogP contribution in [0.25, 0.3) is 0 Å². The van der Waals surface area contributed by atoms with Crippen molar-refractivity contribution in [3.8, 4) is 0 Å². The van der Waals surface area contributed by atoms with E-state index in [1.54, 1.807) is 0 Å². The monoisotopic (exact) mass is 299 g/mol. The molecule has 0 amide bonds. The first kappa shape index (κ1) is 17.4. The first-order chi connectivity index (χ1) is 10.6. The predicted molar refractivity (Wildman–Crippen MR) is 96.7 cm³/mol. The summed E-state index contributed by atoms with van der Waals surface area (Å²) in [5.74, 6) is 0. The molecule has 1 aromatic carbocycles. The zero-order valence-corrected chi connectivity index (χ0v) is 14.0. The van der Waals surface area contributed by atoms with E-state index in [2.05, 4.69) is 47.1 Å². The standard InChI is InChI=1S/C18H30BN3/c1-18(20,9-5-6-11-19)10-12-21-13-15-22(16-14-21)17-7-3-2-4-8-17/h2-4,7-8H,5-6,9-16,20H2,1H3.